The molecule has 0 aromatic rings. The Labute approximate surface area is 149 Å². The monoisotopic (exact) mass is 328 g/mol. The van der Waals surface area contributed by atoms with E-state index in [1.807, 2.05) is 19.9 Å². The third-order valence-electron chi connectivity index (χ3n) is 7.89. The van der Waals surface area contributed by atoms with Gasteiger partial charge in [-0.2, -0.15) is 0 Å². The van der Waals surface area contributed by atoms with Crippen molar-refractivity contribution in [2.24, 2.45) is 35.0 Å². The van der Waals surface area contributed by atoms with E-state index in [9.17, 15) is 4.79 Å². The molecule has 0 N–H and O–H groups in total. The van der Waals surface area contributed by atoms with E-state index in [0.29, 0.717) is 11.2 Å². The minimum atomic E-state index is 0.383. The zero-order chi connectivity index (χ0) is 17.5. The lowest BCUT2D eigenvalue weighted by Gasteiger charge is -2.54. The van der Waals surface area contributed by atoms with E-state index in [1.165, 1.54) is 49.7 Å². The molecule has 0 aromatic carbocycles. The Morgan fingerprint density at radius 2 is 1.83 bits per heavy atom. The normalized spacial score (nSPS) is 43.6. The van der Waals surface area contributed by atoms with Gasteiger partial charge in [-0.25, -0.2) is 0 Å². The fourth-order valence-corrected chi connectivity index (χ4v) is 6.99. The first-order valence-electron chi connectivity index (χ1n) is 10.4. The van der Waals surface area contributed by atoms with Crippen LogP contribution in [0.5, 0.6) is 0 Å². The zero-order valence-corrected chi connectivity index (χ0v) is 16.2. The summed E-state index contributed by atoms with van der Waals surface area (Å²) in [5.41, 5.74) is 3.44. The number of carbonyl (C=O) groups excluding carboxylic acids is 1. The average molecular weight is 329 g/mol. The van der Waals surface area contributed by atoms with E-state index in [-0.39, 0.29) is 0 Å². The van der Waals surface area contributed by atoms with Gasteiger partial charge in [-0.1, -0.05) is 38.5 Å². The van der Waals surface area contributed by atoms with Crippen LogP contribution >= 0.6 is 0 Å². The SMILES string of the molecule is C=C(C)C1CCC2C3CCC4=CC(=O)CCC4C3CCC12C.CC. The summed E-state index contributed by atoms with van der Waals surface area (Å²) < 4.78 is 0. The molecule has 0 bridgehead atoms. The first-order valence-corrected chi connectivity index (χ1v) is 10.4. The van der Waals surface area contributed by atoms with Gasteiger partial charge in [0.05, 0.1) is 0 Å². The van der Waals surface area contributed by atoms with Gasteiger partial charge in [0.1, 0.15) is 0 Å². The summed E-state index contributed by atoms with van der Waals surface area (Å²) in [5.74, 6) is 4.57. The molecule has 4 rings (SSSR count). The van der Waals surface area contributed by atoms with Crippen LogP contribution in [0.25, 0.3) is 0 Å². The maximum atomic E-state index is 11.7. The van der Waals surface area contributed by atoms with Crippen molar-refractivity contribution in [3.63, 3.8) is 0 Å². The number of hydrogen-bond donors (Lipinski definition) is 0. The van der Waals surface area contributed by atoms with Crippen LogP contribution in [-0.2, 0) is 4.79 Å². The number of rotatable bonds is 1. The molecule has 0 radical (unpaired) electrons. The van der Waals surface area contributed by atoms with E-state index in [4.69, 9.17) is 0 Å². The molecule has 0 spiro atoms. The van der Waals surface area contributed by atoms with Crippen molar-refractivity contribution in [2.75, 3.05) is 0 Å². The van der Waals surface area contributed by atoms with Crippen LogP contribution in [0.15, 0.2) is 23.8 Å². The third kappa shape index (κ3) is 2.72. The number of ketones is 1. The van der Waals surface area contributed by atoms with Crippen LogP contribution in [0.4, 0.5) is 0 Å². The van der Waals surface area contributed by atoms with Crippen molar-refractivity contribution in [3.05, 3.63) is 23.8 Å². The van der Waals surface area contributed by atoms with Crippen molar-refractivity contribution >= 4 is 5.78 Å². The van der Waals surface area contributed by atoms with E-state index >= 15 is 0 Å². The maximum absolute atomic E-state index is 11.7. The molecule has 0 amide bonds. The number of carbonyl (C=O) groups is 1. The van der Waals surface area contributed by atoms with Gasteiger partial charge in [-0.05, 0) is 93.0 Å². The van der Waals surface area contributed by atoms with Crippen LogP contribution in [-0.4, -0.2) is 5.78 Å². The predicted octanol–water partition coefficient (Wildman–Crippen LogP) is 6.35. The molecule has 1 nitrogen and oxygen atoms in total. The Morgan fingerprint density at radius 3 is 2.54 bits per heavy atom. The molecule has 134 valence electrons. The lowest BCUT2D eigenvalue weighted by Crippen LogP contribution is -2.46. The summed E-state index contributed by atoms with van der Waals surface area (Å²) in [5, 5.41) is 0. The van der Waals surface area contributed by atoms with E-state index < -0.39 is 0 Å². The molecule has 0 saturated heterocycles. The van der Waals surface area contributed by atoms with Crippen molar-refractivity contribution < 1.29 is 4.79 Å². The standard InChI is InChI=1S/C21H30O.C2H6/c1-13(2)19-8-9-20-18-6-4-14-12-15(22)5-7-16(14)17(18)10-11-21(19,20)3;1-2/h12,16-20H,1,4-11H2,2-3H3;1-2H3. The predicted molar refractivity (Wildman–Crippen MR) is 102 cm³/mol. The van der Waals surface area contributed by atoms with Crippen LogP contribution in [0.1, 0.15) is 79.1 Å². The molecule has 4 aliphatic carbocycles. The average Bonchev–Trinajstić information content (AvgIpc) is 2.93. The summed E-state index contributed by atoms with van der Waals surface area (Å²) >= 11 is 0. The topological polar surface area (TPSA) is 17.1 Å². The van der Waals surface area contributed by atoms with Crippen molar-refractivity contribution in [1.29, 1.82) is 0 Å². The van der Waals surface area contributed by atoms with Gasteiger partial charge in [0.15, 0.2) is 5.78 Å². The van der Waals surface area contributed by atoms with Crippen LogP contribution < -0.4 is 0 Å². The fourth-order valence-electron chi connectivity index (χ4n) is 6.99. The van der Waals surface area contributed by atoms with Gasteiger partial charge >= 0.3 is 0 Å². The summed E-state index contributed by atoms with van der Waals surface area (Å²) in [6.07, 6.45) is 12.0. The Morgan fingerprint density at radius 1 is 1.08 bits per heavy atom. The summed E-state index contributed by atoms with van der Waals surface area (Å²) in [6.45, 7) is 13.1. The van der Waals surface area contributed by atoms with Gasteiger partial charge in [-0.15, -0.1) is 0 Å². The van der Waals surface area contributed by atoms with Crippen LogP contribution in [0.2, 0.25) is 0 Å². The third-order valence-corrected chi connectivity index (χ3v) is 7.89. The van der Waals surface area contributed by atoms with Gasteiger partial charge in [0, 0.05) is 6.42 Å². The van der Waals surface area contributed by atoms with Crippen molar-refractivity contribution in [2.45, 2.75) is 79.1 Å². The van der Waals surface area contributed by atoms with Gasteiger partial charge in [-0.3, -0.25) is 4.79 Å². The smallest absolute Gasteiger partial charge is 0.155 e. The van der Waals surface area contributed by atoms with Crippen LogP contribution in [0.3, 0.4) is 0 Å². The first-order chi connectivity index (χ1) is 11.5. The summed E-state index contributed by atoms with van der Waals surface area (Å²) in [4.78, 5) is 11.7. The molecule has 0 aliphatic heterocycles. The molecular formula is C23H36O. The quantitative estimate of drug-likeness (QED) is 0.513. The molecule has 6 unspecified atom stereocenters. The molecule has 3 saturated carbocycles. The maximum Gasteiger partial charge on any atom is 0.155 e. The van der Waals surface area contributed by atoms with Gasteiger partial charge in [0.25, 0.3) is 0 Å². The van der Waals surface area contributed by atoms with Crippen LogP contribution in [0, 0.1) is 35.0 Å². The molecule has 24 heavy (non-hydrogen) atoms. The lowest BCUT2D eigenvalue weighted by atomic mass is 9.51. The Hall–Kier alpha value is -0.850. The second-order valence-electron chi connectivity index (χ2n) is 8.82. The Bertz CT molecular complexity index is 542. The molecule has 6 atom stereocenters. The number of hydrogen-bond acceptors (Lipinski definition) is 1. The Balaban J connectivity index is 0.000000815. The second kappa shape index (κ2) is 6.81. The van der Waals surface area contributed by atoms with Gasteiger partial charge in [0.2, 0.25) is 0 Å². The van der Waals surface area contributed by atoms with Crippen molar-refractivity contribution in [1.82, 2.24) is 0 Å². The highest BCUT2D eigenvalue weighted by atomic mass is 16.1. The molecule has 0 aromatic heterocycles. The lowest BCUT2D eigenvalue weighted by molar-refractivity contribution is -0.116. The van der Waals surface area contributed by atoms with E-state index in [1.54, 1.807) is 0 Å². The fraction of sp³-hybridized carbons (Fsp3) is 0.783. The zero-order valence-electron chi connectivity index (χ0n) is 16.2. The molecular weight excluding hydrogens is 292 g/mol. The highest BCUT2D eigenvalue weighted by molar-refractivity contribution is 5.91. The number of allylic oxidation sites excluding steroid dienone is 2. The summed E-state index contributed by atoms with van der Waals surface area (Å²) in [6, 6.07) is 0. The minimum absolute atomic E-state index is 0.383. The molecule has 1 heteroatoms. The molecule has 0 heterocycles. The first kappa shape index (κ1) is 18.0. The minimum Gasteiger partial charge on any atom is -0.295 e. The summed E-state index contributed by atoms with van der Waals surface area (Å²) in [7, 11) is 0. The van der Waals surface area contributed by atoms with E-state index in [0.717, 1.165) is 42.4 Å². The van der Waals surface area contributed by atoms with Crippen molar-refractivity contribution in [3.8, 4) is 0 Å². The largest absolute Gasteiger partial charge is 0.295 e. The number of fused-ring (bicyclic) bond motifs is 5. The van der Waals surface area contributed by atoms with Gasteiger partial charge < -0.3 is 0 Å². The molecule has 3 fully saturated rings. The highest BCUT2D eigenvalue weighted by Gasteiger charge is 2.56. The second-order valence-corrected chi connectivity index (χ2v) is 8.82. The Kier molecular flexibility index (Phi) is 5.09. The highest BCUT2D eigenvalue weighted by Crippen LogP contribution is 2.64. The van der Waals surface area contributed by atoms with E-state index in [2.05, 4.69) is 20.4 Å². The molecule has 4 aliphatic rings.